The molecule has 1 aromatic carbocycles. The summed E-state index contributed by atoms with van der Waals surface area (Å²) in [5.74, 6) is 1.33. The van der Waals surface area contributed by atoms with Crippen LogP contribution in [-0.4, -0.2) is 12.0 Å². The van der Waals surface area contributed by atoms with Crippen molar-refractivity contribution in [3.05, 3.63) is 53.5 Å². The van der Waals surface area contributed by atoms with E-state index in [9.17, 15) is 4.79 Å². The monoisotopic (exact) mass is 273 g/mol. The Kier molecular flexibility index (Phi) is 4.45. The fourth-order valence-corrected chi connectivity index (χ4v) is 1.95. The highest BCUT2D eigenvalue weighted by Crippen LogP contribution is 2.23. The first-order chi connectivity index (χ1) is 9.58. The van der Waals surface area contributed by atoms with E-state index < -0.39 is 6.10 Å². The van der Waals surface area contributed by atoms with Gasteiger partial charge in [0.15, 0.2) is 6.10 Å². The van der Waals surface area contributed by atoms with Gasteiger partial charge in [0.2, 0.25) is 0 Å². The van der Waals surface area contributed by atoms with Crippen LogP contribution in [0.1, 0.15) is 23.8 Å². The first kappa shape index (κ1) is 14.2. The van der Waals surface area contributed by atoms with Crippen LogP contribution in [0.2, 0.25) is 0 Å². The highest BCUT2D eigenvalue weighted by atomic mass is 16.5. The van der Waals surface area contributed by atoms with E-state index in [1.165, 1.54) is 0 Å². The summed E-state index contributed by atoms with van der Waals surface area (Å²) in [6.45, 7) is 6.04. The molecule has 2 rings (SSSR count). The quantitative estimate of drug-likeness (QED) is 0.911. The maximum absolute atomic E-state index is 12.0. The summed E-state index contributed by atoms with van der Waals surface area (Å²) in [5.41, 5.74) is 2.05. The second kappa shape index (κ2) is 6.28. The minimum Gasteiger partial charge on any atom is -0.480 e. The lowest BCUT2D eigenvalue weighted by molar-refractivity contribution is -0.127. The minimum absolute atomic E-state index is 0.163. The number of hydrogen-bond acceptors (Lipinski definition) is 3. The second-order valence-corrected chi connectivity index (χ2v) is 4.78. The van der Waals surface area contributed by atoms with Crippen molar-refractivity contribution in [1.82, 2.24) is 5.32 Å². The summed E-state index contributed by atoms with van der Waals surface area (Å²) < 4.78 is 10.9. The van der Waals surface area contributed by atoms with E-state index in [4.69, 9.17) is 9.15 Å². The van der Waals surface area contributed by atoms with Crippen LogP contribution < -0.4 is 10.1 Å². The fraction of sp³-hybridized carbons (Fsp3) is 0.312. The number of benzene rings is 1. The largest absolute Gasteiger partial charge is 0.480 e. The van der Waals surface area contributed by atoms with Crippen LogP contribution in [0, 0.1) is 13.8 Å². The summed E-state index contributed by atoms with van der Waals surface area (Å²) in [6.07, 6.45) is 1.03. The number of hydrogen-bond donors (Lipinski definition) is 1. The van der Waals surface area contributed by atoms with Crippen LogP contribution in [-0.2, 0) is 11.3 Å². The zero-order chi connectivity index (χ0) is 14.5. The summed E-state index contributed by atoms with van der Waals surface area (Å²) in [4.78, 5) is 12.0. The molecule has 1 heterocycles. The number of amides is 1. The Morgan fingerprint density at radius 2 is 1.95 bits per heavy atom. The maximum atomic E-state index is 12.0. The summed E-state index contributed by atoms with van der Waals surface area (Å²) in [5, 5.41) is 2.79. The molecule has 1 N–H and O–H groups in total. The van der Waals surface area contributed by atoms with Gasteiger partial charge in [0.05, 0.1) is 12.8 Å². The average Bonchev–Trinajstić information content (AvgIpc) is 2.93. The molecule has 4 nitrogen and oxygen atoms in total. The van der Waals surface area contributed by atoms with Gasteiger partial charge in [-0.15, -0.1) is 0 Å². The van der Waals surface area contributed by atoms with Crippen LogP contribution in [0.25, 0.3) is 0 Å². The Morgan fingerprint density at radius 3 is 2.55 bits per heavy atom. The summed E-state index contributed by atoms with van der Waals surface area (Å²) >= 11 is 0. The Hall–Kier alpha value is -2.23. The lowest BCUT2D eigenvalue weighted by Gasteiger charge is -2.17. The topological polar surface area (TPSA) is 51.5 Å². The number of ether oxygens (including phenoxy) is 1. The fourth-order valence-electron chi connectivity index (χ4n) is 1.95. The standard InChI is InChI=1S/C16H19NO3/c1-11-6-4-7-12(2)15(11)20-13(3)16(18)17-10-14-8-5-9-19-14/h4-9,13H,10H2,1-3H3,(H,17,18)/t13-/m0/s1. The molecule has 0 aliphatic heterocycles. The number of carbonyl (C=O) groups excluding carboxylic acids is 1. The van der Waals surface area contributed by atoms with E-state index in [-0.39, 0.29) is 5.91 Å². The third-order valence-corrected chi connectivity index (χ3v) is 3.09. The second-order valence-electron chi connectivity index (χ2n) is 4.78. The molecule has 0 unspecified atom stereocenters. The molecule has 0 radical (unpaired) electrons. The number of furan rings is 1. The molecule has 1 atom stereocenters. The molecule has 1 aromatic heterocycles. The van der Waals surface area contributed by atoms with Gasteiger partial charge >= 0.3 is 0 Å². The van der Waals surface area contributed by atoms with Crippen LogP contribution in [0.5, 0.6) is 5.75 Å². The van der Waals surface area contributed by atoms with Crippen molar-refractivity contribution in [2.75, 3.05) is 0 Å². The molecule has 1 amide bonds. The van der Waals surface area contributed by atoms with E-state index in [0.29, 0.717) is 6.54 Å². The predicted octanol–water partition coefficient (Wildman–Crippen LogP) is 2.98. The third-order valence-electron chi connectivity index (χ3n) is 3.09. The molecule has 0 fully saturated rings. The molecule has 0 aliphatic carbocycles. The van der Waals surface area contributed by atoms with Crippen molar-refractivity contribution in [2.45, 2.75) is 33.4 Å². The lowest BCUT2D eigenvalue weighted by atomic mass is 10.1. The third kappa shape index (κ3) is 3.41. The molecule has 0 aliphatic rings. The SMILES string of the molecule is Cc1cccc(C)c1O[C@@H](C)C(=O)NCc1ccco1. The molecule has 2 aromatic rings. The smallest absolute Gasteiger partial charge is 0.261 e. The summed E-state index contributed by atoms with van der Waals surface area (Å²) in [6, 6.07) is 9.51. The summed E-state index contributed by atoms with van der Waals surface area (Å²) in [7, 11) is 0. The van der Waals surface area contributed by atoms with Gasteiger partial charge in [0.1, 0.15) is 11.5 Å². The van der Waals surface area contributed by atoms with Crippen molar-refractivity contribution in [1.29, 1.82) is 0 Å². The van der Waals surface area contributed by atoms with E-state index in [1.807, 2.05) is 38.1 Å². The normalized spacial score (nSPS) is 11.9. The Balaban J connectivity index is 1.94. The Bertz CT molecular complexity index is 555. The van der Waals surface area contributed by atoms with Crippen LogP contribution >= 0.6 is 0 Å². The van der Waals surface area contributed by atoms with Crippen molar-refractivity contribution < 1.29 is 13.9 Å². The molecule has 20 heavy (non-hydrogen) atoms. The van der Waals surface area contributed by atoms with E-state index in [2.05, 4.69) is 5.32 Å². The van der Waals surface area contributed by atoms with Gasteiger partial charge in [-0.2, -0.15) is 0 Å². The van der Waals surface area contributed by atoms with Gasteiger partial charge in [-0.1, -0.05) is 18.2 Å². The molecule has 0 saturated heterocycles. The predicted molar refractivity (Wildman–Crippen MR) is 76.6 cm³/mol. The van der Waals surface area contributed by atoms with Gasteiger partial charge in [-0.05, 0) is 44.0 Å². The lowest BCUT2D eigenvalue weighted by Crippen LogP contribution is -2.36. The van der Waals surface area contributed by atoms with Crippen molar-refractivity contribution in [3.8, 4) is 5.75 Å². The van der Waals surface area contributed by atoms with Gasteiger partial charge in [-0.3, -0.25) is 4.79 Å². The number of carbonyl (C=O) groups is 1. The molecule has 0 bridgehead atoms. The Labute approximate surface area is 118 Å². The number of nitrogens with one attached hydrogen (secondary N) is 1. The van der Waals surface area contributed by atoms with E-state index in [1.54, 1.807) is 19.3 Å². The molecular formula is C16H19NO3. The highest BCUT2D eigenvalue weighted by molar-refractivity contribution is 5.80. The van der Waals surface area contributed by atoms with Crippen LogP contribution in [0.4, 0.5) is 0 Å². The average molecular weight is 273 g/mol. The minimum atomic E-state index is -0.551. The van der Waals surface area contributed by atoms with Gasteiger partial charge in [0, 0.05) is 0 Å². The highest BCUT2D eigenvalue weighted by Gasteiger charge is 2.16. The Morgan fingerprint density at radius 1 is 1.25 bits per heavy atom. The number of para-hydroxylation sites is 1. The van der Waals surface area contributed by atoms with E-state index in [0.717, 1.165) is 22.6 Å². The maximum Gasteiger partial charge on any atom is 0.261 e. The first-order valence-corrected chi connectivity index (χ1v) is 6.61. The zero-order valence-corrected chi connectivity index (χ0v) is 12.0. The molecule has 0 spiro atoms. The van der Waals surface area contributed by atoms with Gasteiger partial charge in [0.25, 0.3) is 5.91 Å². The van der Waals surface area contributed by atoms with Crippen molar-refractivity contribution >= 4 is 5.91 Å². The molecule has 4 heteroatoms. The van der Waals surface area contributed by atoms with Crippen LogP contribution in [0.15, 0.2) is 41.0 Å². The number of aryl methyl sites for hydroxylation is 2. The first-order valence-electron chi connectivity index (χ1n) is 6.61. The molecular weight excluding hydrogens is 254 g/mol. The van der Waals surface area contributed by atoms with E-state index >= 15 is 0 Å². The van der Waals surface area contributed by atoms with Gasteiger partial charge < -0.3 is 14.5 Å². The van der Waals surface area contributed by atoms with Crippen LogP contribution in [0.3, 0.4) is 0 Å². The van der Waals surface area contributed by atoms with Crippen molar-refractivity contribution in [2.24, 2.45) is 0 Å². The zero-order valence-electron chi connectivity index (χ0n) is 12.0. The molecule has 0 saturated carbocycles. The number of rotatable bonds is 5. The van der Waals surface area contributed by atoms with Gasteiger partial charge in [-0.25, -0.2) is 0 Å². The van der Waals surface area contributed by atoms with Crippen molar-refractivity contribution in [3.63, 3.8) is 0 Å². The molecule has 106 valence electrons.